The van der Waals surface area contributed by atoms with Crippen molar-refractivity contribution >= 4 is 11.3 Å². The van der Waals surface area contributed by atoms with Gasteiger partial charge in [-0.15, -0.1) is 11.3 Å². The van der Waals surface area contributed by atoms with E-state index < -0.39 is 12.6 Å². The monoisotopic (exact) mass is 314 g/mol. The van der Waals surface area contributed by atoms with E-state index in [-0.39, 0.29) is 5.01 Å². The molecule has 1 aromatic carbocycles. The average Bonchev–Trinajstić information content (AvgIpc) is 2.81. The third-order valence-corrected chi connectivity index (χ3v) is 4.00. The highest BCUT2D eigenvalue weighted by Crippen LogP contribution is 2.33. The summed E-state index contributed by atoms with van der Waals surface area (Å²) in [6.45, 7) is 3.36. The smallest absolute Gasteiger partial charge is 0.311 e. The maximum Gasteiger partial charge on any atom is 0.395 e. The molecule has 6 heteroatoms. The normalized spacial score (nSPS) is 11.8. The van der Waals surface area contributed by atoms with Crippen molar-refractivity contribution in [1.82, 2.24) is 10.3 Å². The fourth-order valence-electron chi connectivity index (χ4n) is 1.97. The van der Waals surface area contributed by atoms with Gasteiger partial charge >= 0.3 is 6.18 Å². The minimum atomic E-state index is -4.22. The Balaban J connectivity index is 2.27. The summed E-state index contributed by atoms with van der Waals surface area (Å²) in [6.07, 6.45) is -4.22. The first-order chi connectivity index (χ1) is 9.99. The zero-order valence-corrected chi connectivity index (χ0v) is 12.5. The summed E-state index contributed by atoms with van der Waals surface area (Å²) in [7, 11) is 0. The number of aromatic nitrogens is 1. The molecule has 0 unspecified atom stereocenters. The van der Waals surface area contributed by atoms with Crippen LogP contribution in [0.25, 0.3) is 10.4 Å². The quantitative estimate of drug-likeness (QED) is 0.799. The molecular weight excluding hydrogens is 297 g/mol. The van der Waals surface area contributed by atoms with E-state index in [1.807, 2.05) is 37.3 Å². The van der Waals surface area contributed by atoms with Crippen LogP contribution in [0, 0.1) is 0 Å². The molecule has 0 radical (unpaired) electrons. The van der Waals surface area contributed by atoms with Crippen LogP contribution in [0.2, 0.25) is 0 Å². The summed E-state index contributed by atoms with van der Waals surface area (Å²) < 4.78 is 37.6. The van der Waals surface area contributed by atoms with Gasteiger partial charge in [0.05, 0.1) is 17.0 Å². The molecule has 2 rings (SSSR count). The maximum absolute atomic E-state index is 12.5. The van der Waals surface area contributed by atoms with Crippen LogP contribution in [0.1, 0.15) is 24.0 Å². The largest absolute Gasteiger partial charge is 0.395 e. The number of hydrogen-bond donors (Lipinski definition) is 1. The fourth-order valence-corrected chi connectivity index (χ4v) is 3.08. The summed E-state index contributed by atoms with van der Waals surface area (Å²) in [4.78, 5) is 5.00. The van der Waals surface area contributed by atoms with Gasteiger partial charge < -0.3 is 5.32 Å². The summed E-state index contributed by atoms with van der Waals surface area (Å²) in [6, 6.07) is 9.43. The second-order valence-electron chi connectivity index (χ2n) is 4.72. The fraction of sp³-hybridized carbons (Fsp3) is 0.400. The van der Waals surface area contributed by atoms with Gasteiger partial charge in [-0.3, -0.25) is 0 Å². The lowest BCUT2D eigenvalue weighted by Gasteiger charge is -2.03. The van der Waals surface area contributed by atoms with E-state index >= 15 is 0 Å². The van der Waals surface area contributed by atoms with Gasteiger partial charge in [0.25, 0.3) is 0 Å². The molecule has 0 bridgehead atoms. The first-order valence-electron chi connectivity index (χ1n) is 6.81. The van der Waals surface area contributed by atoms with Crippen molar-refractivity contribution in [2.45, 2.75) is 32.5 Å². The summed E-state index contributed by atoms with van der Waals surface area (Å²) >= 11 is 1.13. The van der Waals surface area contributed by atoms with Crippen molar-refractivity contribution in [2.75, 3.05) is 6.54 Å². The van der Waals surface area contributed by atoms with Crippen molar-refractivity contribution < 1.29 is 13.2 Å². The molecule has 0 spiro atoms. The van der Waals surface area contributed by atoms with E-state index in [9.17, 15) is 13.2 Å². The zero-order chi connectivity index (χ0) is 15.3. The molecule has 0 atom stereocenters. The van der Waals surface area contributed by atoms with Crippen LogP contribution in [0.5, 0.6) is 0 Å². The highest BCUT2D eigenvalue weighted by molar-refractivity contribution is 7.15. The number of rotatable bonds is 6. The van der Waals surface area contributed by atoms with E-state index in [1.165, 1.54) is 0 Å². The van der Waals surface area contributed by atoms with Crippen molar-refractivity contribution in [3.8, 4) is 10.4 Å². The Kier molecular flexibility index (Phi) is 5.36. The Morgan fingerprint density at radius 3 is 2.52 bits per heavy atom. The minimum Gasteiger partial charge on any atom is -0.311 e. The summed E-state index contributed by atoms with van der Waals surface area (Å²) in [5.41, 5.74) is 1.61. The molecule has 114 valence electrons. The standard InChI is InChI=1S/C15H17F3N2S/c1-2-8-19-10-12-14(11-6-4-3-5-7-11)21-13(20-12)9-15(16,17)18/h3-7,19H,2,8-10H2,1H3. The molecule has 0 saturated heterocycles. The number of halogens is 3. The van der Waals surface area contributed by atoms with Gasteiger partial charge in [-0.25, -0.2) is 4.98 Å². The van der Waals surface area contributed by atoms with Crippen LogP contribution in [-0.4, -0.2) is 17.7 Å². The predicted molar refractivity (Wildman–Crippen MR) is 79.3 cm³/mol. The molecule has 1 aromatic heterocycles. The lowest BCUT2D eigenvalue weighted by Crippen LogP contribution is -2.15. The summed E-state index contributed by atoms with van der Waals surface area (Å²) in [5, 5.41) is 3.32. The van der Waals surface area contributed by atoms with Crippen LogP contribution >= 0.6 is 11.3 Å². The van der Waals surface area contributed by atoms with Crippen LogP contribution < -0.4 is 5.32 Å². The summed E-state index contributed by atoms with van der Waals surface area (Å²) in [5.74, 6) is 0. The number of hydrogen-bond acceptors (Lipinski definition) is 3. The van der Waals surface area contributed by atoms with E-state index in [2.05, 4.69) is 10.3 Å². The molecule has 0 saturated carbocycles. The zero-order valence-electron chi connectivity index (χ0n) is 11.7. The van der Waals surface area contributed by atoms with Crippen molar-refractivity contribution in [2.24, 2.45) is 0 Å². The topological polar surface area (TPSA) is 24.9 Å². The Hall–Kier alpha value is -1.40. The molecular formula is C15H17F3N2S. The Morgan fingerprint density at radius 2 is 1.90 bits per heavy atom. The highest BCUT2D eigenvalue weighted by Gasteiger charge is 2.30. The Labute approximate surface area is 126 Å². The van der Waals surface area contributed by atoms with Gasteiger partial charge in [-0.05, 0) is 18.5 Å². The lowest BCUT2D eigenvalue weighted by atomic mass is 10.1. The van der Waals surface area contributed by atoms with E-state index in [1.54, 1.807) is 0 Å². The maximum atomic E-state index is 12.5. The minimum absolute atomic E-state index is 0.120. The second kappa shape index (κ2) is 7.04. The lowest BCUT2D eigenvalue weighted by molar-refractivity contribution is -0.127. The highest BCUT2D eigenvalue weighted by atomic mass is 32.1. The van der Waals surface area contributed by atoms with Crippen molar-refractivity contribution in [3.63, 3.8) is 0 Å². The van der Waals surface area contributed by atoms with Gasteiger partial charge in [0.1, 0.15) is 5.01 Å². The first kappa shape index (κ1) is 16.0. The molecule has 0 aliphatic rings. The third-order valence-electron chi connectivity index (χ3n) is 2.85. The van der Waals surface area contributed by atoms with Gasteiger partial charge in [-0.2, -0.15) is 13.2 Å². The molecule has 0 aliphatic carbocycles. The number of nitrogens with zero attached hydrogens (tertiary/aromatic N) is 1. The molecule has 0 amide bonds. The van der Waals surface area contributed by atoms with Crippen LogP contribution in [0.15, 0.2) is 30.3 Å². The molecule has 2 aromatic rings. The molecule has 2 nitrogen and oxygen atoms in total. The Morgan fingerprint density at radius 1 is 1.19 bits per heavy atom. The second-order valence-corrected chi connectivity index (χ2v) is 5.80. The molecule has 1 heterocycles. The number of thiazole rings is 1. The van der Waals surface area contributed by atoms with Crippen molar-refractivity contribution in [3.05, 3.63) is 41.0 Å². The number of alkyl halides is 3. The Bertz CT molecular complexity index is 564. The van der Waals surface area contributed by atoms with Gasteiger partial charge in [-0.1, -0.05) is 37.3 Å². The first-order valence-corrected chi connectivity index (χ1v) is 7.62. The van der Waals surface area contributed by atoms with Crippen molar-refractivity contribution in [1.29, 1.82) is 0 Å². The predicted octanol–water partition coefficient (Wildman–Crippen LogP) is 4.41. The van der Waals surface area contributed by atoms with E-state index in [0.717, 1.165) is 34.7 Å². The molecule has 0 aliphatic heterocycles. The van der Waals surface area contributed by atoms with Crippen LogP contribution in [-0.2, 0) is 13.0 Å². The number of benzene rings is 1. The third kappa shape index (κ3) is 4.82. The molecule has 0 fully saturated rings. The number of nitrogens with one attached hydrogen (secondary N) is 1. The van der Waals surface area contributed by atoms with Gasteiger partial charge in [0.2, 0.25) is 0 Å². The van der Waals surface area contributed by atoms with Crippen LogP contribution in [0.4, 0.5) is 13.2 Å². The SMILES string of the molecule is CCCNCc1nc(CC(F)(F)F)sc1-c1ccccc1. The molecule has 21 heavy (non-hydrogen) atoms. The van der Waals surface area contributed by atoms with E-state index in [0.29, 0.717) is 12.2 Å². The van der Waals surface area contributed by atoms with Gasteiger partial charge in [0, 0.05) is 6.54 Å². The van der Waals surface area contributed by atoms with Gasteiger partial charge in [0.15, 0.2) is 0 Å². The van der Waals surface area contributed by atoms with E-state index in [4.69, 9.17) is 0 Å². The molecule has 1 N–H and O–H groups in total. The van der Waals surface area contributed by atoms with Crippen LogP contribution in [0.3, 0.4) is 0 Å². The average molecular weight is 314 g/mol.